The van der Waals surface area contributed by atoms with E-state index in [0.717, 1.165) is 12.8 Å². The zero-order valence-electron chi connectivity index (χ0n) is 12.5. The summed E-state index contributed by atoms with van der Waals surface area (Å²) >= 11 is 0. The molecular weight excluding hydrogens is 228 g/mol. The monoisotopic (exact) mass is 258 g/mol. The summed E-state index contributed by atoms with van der Waals surface area (Å²) < 4.78 is 0. The lowest BCUT2D eigenvalue weighted by Crippen LogP contribution is -2.41. The maximum atomic E-state index is 12.7. The van der Waals surface area contributed by atoms with Crippen LogP contribution in [0.2, 0.25) is 50.4 Å². The Morgan fingerprint density at radius 2 is 1.06 bits per heavy atom. The summed E-state index contributed by atoms with van der Waals surface area (Å²) in [5, 5.41) is 0. The van der Waals surface area contributed by atoms with Crippen molar-refractivity contribution in [1.82, 2.24) is 0 Å². The largest absolute Gasteiger partial charge is 0.300 e. The van der Waals surface area contributed by atoms with Gasteiger partial charge < -0.3 is 0 Å². The number of carbonyl (C=O) groups excluding carboxylic acids is 1. The molecule has 1 nitrogen and oxygen atoms in total. The highest BCUT2D eigenvalue weighted by Crippen LogP contribution is 2.36. The summed E-state index contributed by atoms with van der Waals surface area (Å²) in [6.45, 7) is 18.3. The maximum absolute atomic E-state index is 12.7. The van der Waals surface area contributed by atoms with E-state index in [1.807, 2.05) is 0 Å². The van der Waals surface area contributed by atoms with Crippen molar-refractivity contribution in [2.24, 2.45) is 0 Å². The minimum absolute atomic E-state index is 0.365. The molecule has 2 unspecified atom stereocenters. The number of ketones is 1. The van der Waals surface area contributed by atoms with Crippen molar-refractivity contribution >= 4 is 21.9 Å². The minimum Gasteiger partial charge on any atom is -0.300 e. The minimum atomic E-state index is -1.33. The molecule has 0 radical (unpaired) electrons. The standard InChI is InChI=1S/C13H30OSi2/c1-9-11(15(3,4)5)13(14)12(10-2)16(6,7)8/h11-12H,9-10H2,1-8H3. The summed E-state index contributed by atoms with van der Waals surface area (Å²) in [6, 6.07) is 0. The van der Waals surface area contributed by atoms with E-state index in [9.17, 15) is 4.79 Å². The first-order valence-electron chi connectivity index (χ1n) is 6.59. The number of Topliss-reactive ketones (excluding diaryl/α,β-unsaturated/α-hetero) is 1. The van der Waals surface area contributed by atoms with Gasteiger partial charge >= 0.3 is 0 Å². The van der Waals surface area contributed by atoms with E-state index in [1.165, 1.54) is 0 Å². The smallest absolute Gasteiger partial charge is 0.133 e. The van der Waals surface area contributed by atoms with Gasteiger partial charge in [0, 0.05) is 11.1 Å². The molecule has 0 spiro atoms. The Labute approximate surface area is 104 Å². The lowest BCUT2D eigenvalue weighted by atomic mass is 10.1. The first-order chi connectivity index (χ1) is 7.05. The van der Waals surface area contributed by atoms with Crippen molar-refractivity contribution in [2.75, 3.05) is 0 Å². The Morgan fingerprint density at radius 1 is 0.812 bits per heavy atom. The molecule has 2 atom stereocenters. The second-order valence-corrected chi connectivity index (χ2v) is 17.9. The Balaban J connectivity index is 5.01. The van der Waals surface area contributed by atoms with Crippen LogP contribution in [0.5, 0.6) is 0 Å². The molecule has 0 aliphatic rings. The van der Waals surface area contributed by atoms with Gasteiger partial charge in [-0.3, -0.25) is 4.79 Å². The topological polar surface area (TPSA) is 17.1 Å². The third-order valence-electron chi connectivity index (χ3n) is 3.59. The molecule has 0 aromatic rings. The summed E-state index contributed by atoms with van der Waals surface area (Å²) in [5.41, 5.74) is 0.730. The van der Waals surface area contributed by atoms with Crippen LogP contribution in [-0.4, -0.2) is 21.9 Å². The van der Waals surface area contributed by atoms with Crippen molar-refractivity contribution in [3.63, 3.8) is 0 Å². The van der Waals surface area contributed by atoms with Crippen molar-refractivity contribution < 1.29 is 4.79 Å². The molecule has 16 heavy (non-hydrogen) atoms. The molecule has 0 aromatic carbocycles. The Bertz CT molecular complexity index is 211. The SMILES string of the molecule is CCC(C(=O)C(CC)[Si](C)(C)C)[Si](C)(C)C. The maximum Gasteiger partial charge on any atom is 0.133 e. The number of hydrogen-bond donors (Lipinski definition) is 0. The molecule has 0 N–H and O–H groups in total. The van der Waals surface area contributed by atoms with E-state index in [0.29, 0.717) is 16.9 Å². The van der Waals surface area contributed by atoms with Gasteiger partial charge in [0.05, 0.1) is 16.1 Å². The number of carbonyl (C=O) groups is 1. The van der Waals surface area contributed by atoms with Crippen LogP contribution >= 0.6 is 0 Å². The highest BCUT2D eigenvalue weighted by atomic mass is 28.3. The second kappa shape index (κ2) is 5.63. The molecule has 0 fully saturated rings. The van der Waals surface area contributed by atoms with Gasteiger partial charge in [0.15, 0.2) is 0 Å². The van der Waals surface area contributed by atoms with Crippen LogP contribution in [-0.2, 0) is 4.79 Å². The predicted octanol–water partition coefficient (Wildman–Crippen LogP) is 4.79. The van der Waals surface area contributed by atoms with Crippen LogP contribution in [0.3, 0.4) is 0 Å². The van der Waals surface area contributed by atoms with E-state index in [2.05, 4.69) is 53.1 Å². The van der Waals surface area contributed by atoms with Crippen molar-refractivity contribution in [1.29, 1.82) is 0 Å². The number of rotatable bonds is 6. The summed E-state index contributed by atoms with van der Waals surface area (Å²) in [4.78, 5) is 12.7. The van der Waals surface area contributed by atoms with Crippen LogP contribution in [0.1, 0.15) is 26.7 Å². The van der Waals surface area contributed by atoms with Crippen LogP contribution in [0.4, 0.5) is 0 Å². The van der Waals surface area contributed by atoms with Crippen LogP contribution in [0.25, 0.3) is 0 Å². The Morgan fingerprint density at radius 3 is 1.19 bits per heavy atom. The lowest BCUT2D eigenvalue weighted by Gasteiger charge is -2.34. The zero-order chi connectivity index (χ0) is 13.1. The molecule has 0 heterocycles. The summed E-state index contributed by atoms with van der Waals surface area (Å²) in [6.07, 6.45) is 2.07. The van der Waals surface area contributed by atoms with E-state index >= 15 is 0 Å². The highest BCUT2D eigenvalue weighted by molar-refractivity contribution is 6.84. The molecule has 0 bridgehead atoms. The molecule has 0 saturated heterocycles. The predicted molar refractivity (Wildman–Crippen MR) is 79.8 cm³/mol. The Kier molecular flexibility index (Phi) is 5.66. The summed E-state index contributed by atoms with van der Waals surface area (Å²) in [5.74, 6) is 0.586. The van der Waals surface area contributed by atoms with Gasteiger partial charge in [0.1, 0.15) is 5.78 Å². The van der Waals surface area contributed by atoms with E-state index in [4.69, 9.17) is 0 Å². The first-order valence-corrected chi connectivity index (χ1v) is 13.7. The average Bonchev–Trinajstić information content (AvgIpc) is 2.00. The van der Waals surface area contributed by atoms with E-state index in [-0.39, 0.29) is 0 Å². The van der Waals surface area contributed by atoms with Crippen LogP contribution < -0.4 is 0 Å². The van der Waals surface area contributed by atoms with Gasteiger partial charge in [-0.25, -0.2) is 0 Å². The summed E-state index contributed by atoms with van der Waals surface area (Å²) in [7, 11) is -2.67. The number of hydrogen-bond acceptors (Lipinski definition) is 1. The van der Waals surface area contributed by atoms with Gasteiger partial charge in [0.25, 0.3) is 0 Å². The van der Waals surface area contributed by atoms with Crippen molar-refractivity contribution in [3.05, 3.63) is 0 Å². The molecule has 0 rings (SSSR count). The van der Waals surface area contributed by atoms with Gasteiger partial charge in [0.2, 0.25) is 0 Å². The average molecular weight is 259 g/mol. The third kappa shape index (κ3) is 4.17. The fourth-order valence-electron chi connectivity index (χ4n) is 2.72. The zero-order valence-corrected chi connectivity index (χ0v) is 14.5. The molecule has 3 heteroatoms. The molecule has 0 aromatic heterocycles. The third-order valence-corrected chi connectivity index (χ3v) is 9.16. The van der Waals surface area contributed by atoms with Crippen LogP contribution in [0, 0.1) is 0 Å². The molecule has 0 aliphatic carbocycles. The molecule has 96 valence electrons. The normalized spacial score (nSPS) is 17.0. The van der Waals surface area contributed by atoms with Gasteiger partial charge in [-0.05, 0) is 12.8 Å². The van der Waals surface area contributed by atoms with Crippen molar-refractivity contribution in [2.45, 2.75) is 77.1 Å². The van der Waals surface area contributed by atoms with E-state index < -0.39 is 16.1 Å². The van der Waals surface area contributed by atoms with Gasteiger partial charge in [-0.1, -0.05) is 53.1 Å². The fraction of sp³-hybridized carbons (Fsp3) is 0.923. The molecule has 0 aliphatic heterocycles. The molecule has 0 amide bonds. The lowest BCUT2D eigenvalue weighted by molar-refractivity contribution is -0.119. The van der Waals surface area contributed by atoms with Gasteiger partial charge in [-0.15, -0.1) is 0 Å². The van der Waals surface area contributed by atoms with Crippen LogP contribution in [0.15, 0.2) is 0 Å². The van der Waals surface area contributed by atoms with E-state index in [1.54, 1.807) is 0 Å². The molecule has 0 saturated carbocycles. The Hall–Kier alpha value is 0.104. The second-order valence-electron chi connectivity index (χ2n) is 7.06. The molecular formula is C13H30OSi2. The van der Waals surface area contributed by atoms with Gasteiger partial charge in [-0.2, -0.15) is 0 Å². The highest BCUT2D eigenvalue weighted by Gasteiger charge is 2.39. The van der Waals surface area contributed by atoms with Crippen molar-refractivity contribution in [3.8, 4) is 0 Å². The fourth-order valence-corrected chi connectivity index (χ4v) is 7.45. The first kappa shape index (κ1) is 16.1. The quantitative estimate of drug-likeness (QED) is 0.626.